The molecule has 0 atom stereocenters. The minimum Gasteiger partial charge on any atom is -0.309 e. The number of para-hydroxylation sites is 2. The topological polar surface area (TPSA) is 46.8 Å². The van der Waals surface area contributed by atoms with Gasteiger partial charge >= 0.3 is 0 Å². The number of aromatic nitrogens is 4. The maximum atomic E-state index is 5.40. The van der Waals surface area contributed by atoms with E-state index in [9.17, 15) is 0 Å². The Kier molecular flexibility index (Phi) is 7.54. The fourth-order valence-corrected chi connectivity index (χ4v) is 9.77. The van der Waals surface area contributed by atoms with Crippen LogP contribution in [0.1, 0.15) is 0 Å². The zero-order chi connectivity index (χ0) is 40.7. The van der Waals surface area contributed by atoms with Gasteiger partial charge in [0.05, 0.1) is 22.4 Å². The van der Waals surface area contributed by atoms with E-state index < -0.39 is 0 Å². The molecule has 0 N–H and O–H groups in total. The van der Waals surface area contributed by atoms with Gasteiger partial charge in [0.2, 0.25) is 0 Å². The van der Waals surface area contributed by atoms with Gasteiger partial charge in [-0.05, 0) is 93.2 Å². The molecule has 0 aliphatic carbocycles. The Morgan fingerprint density at radius 3 is 1.81 bits per heavy atom. The summed E-state index contributed by atoms with van der Waals surface area (Å²) in [6, 6.07) is 75.7. The molecule has 12 aromatic rings. The molecule has 0 amide bonds. The fourth-order valence-electron chi connectivity index (χ4n) is 9.77. The van der Waals surface area contributed by atoms with E-state index in [0.717, 1.165) is 66.6 Å². The van der Waals surface area contributed by atoms with Gasteiger partial charge in [-0.25, -0.2) is 15.0 Å². The van der Waals surface area contributed by atoms with Crippen LogP contribution in [0.5, 0.6) is 0 Å². The first-order chi connectivity index (χ1) is 30.7. The van der Waals surface area contributed by atoms with E-state index >= 15 is 0 Å². The van der Waals surface area contributed by atoms with Gasteiger partial charge < -0.3 is 9.47 Å². The summed E-state index contributed by atoms with van der Waals surface area (Å²) in [7, 11) is 0. The summed E-state index contributed by atoms with van der Waals surface area (Å²) in [5.74, 6) is 1.86. The lowest BCUT2D eigenvalue weighted by Gasteiger charge is -2.34. The van der Waals surface area contributed by atoms with Crippen LogP contribution in [0.4, 0.5) is 17.1 Å². The molecule has 0 saturated heterocycles. The Hall–Kier alpha value is -8.41. The summed E-state index contributed by atoms with van der Waals surface area (Å²) >= 11 is 0. The highest BCUT2D eigenvalue weighted by Crippen LogP contribution is 2.53. The summed E-state index contributed by atoms with van der Waals surface area (Å²) < 4.78 is 2.33. The van der Waals surface area contributed by atoms with Gasteiger partial charge in [-0.3, -0.25) is 0 Å². The molecule has 5 heteroatoms. The monoisotopic (exact) mass is 789 g/mol. The van der Waals surface area contributed by atoms with Crippen molar-refractivity contribution in [3.8, 4) is 51.0 Å². The largest absolute Gasteiger partial charge is 0.309 e. The SMILES string of the molecule is c1ccc(-c2nc(-c3ccc4c(c3)c3ccccc3n4-c3ccccc3)nc(-c3cc(N4c5ccc6ccccc6c5-c5cccc6cccc4c56)cc4ccccc34)n2)cc1. The molecule has 1 aliphatic rings. The van der Waals surface area contributed by atoms with Crippen molar-refractivity contribution >= 4 is 71.2 Å². The van der Waals surface area contributed by atoms with Crippen molar-refractivity contribution in [2.24, 2.45) is 0 Å². The van der Waals surface area contributed by atoms with Crippen molar-refractivity contribution in [1.82, 2.24) is 19.5 Å². The van der Waals surface area contributed by atoms with E-state index in [1.165, 1.54) is 38.1 Å². The van der Waals surface area contributed by atoms with Crippen LogP contribution in [-0.2, 0) is 0 Å². The molecule has 62 heavy (non-hydrogen) atoms. The summed E-state index contributed by atoms with van der Waals surface area (Å²) in [6.07, 6.45) is 0. The molecule has 0 radical (unpaired) electrons. The third kappa shape index (κ3) is 5.25. The van der Waals surface area contributed by atoms with Crippen LogP contribution in [0.3, 0.4) is 0 Å². The predicted octanol–water partition coefficient (Wildman–Crippen LogP) is 14.9. The summed E-state index contributed by atoms with van der Waals surface area (Å²) in [5.41, 5.74) is 12.0. The first-order valence-corrected chi connectivity index (χ1v) is 21.0. The molecular formula is C57H35N5. The number of anilines is 3. The third-order valence-corrected chi connectivity index (χ3v) is 12.5. The van der Waals surface area contributed by atoms with Gasteiger partial charge in [-0.1, -0.05) is 152 Å². The van der Waals surface area contributed by atoms with E-state index in [2.05, 4.69) is 204 Å². The highest BCUT2D eigenvalue weighted by molar-refractivity contribution is 6.20. The lowest BCUT2D eigenvalue weighted by molar-refractivity contribution is 1.08. The van der Waals surface area contributed by atoms with E-state index in [1.807, 2.05) is 18.2 Å². The van der Waals surface area contributed by atoms with Gasteiger partial charge in [0, 0.05) is 49.8 Å². The molecule has 0 saturated carbocycles. The predicted molar refractivity (Wildman–Crippen MR) is 257 cm³/mol. The van der Waals surface area contributed by atoms with E-state index in [0.29, 0.717) is 17.5 Å². The third-order valence-electron chi connectivity index (χ3n) is 12.5. The molecule has 13 rings (SSSR count). The Balaban J connectivity index is 1.06. The number of rotatable bonds is 5. The molecule has 2 aromatic heterocycles. The van der Waals surface area contributed by atoms with E-state index in [4.69, 9.17) is 15.0 Å². The molecule has 0 bridgehead atoms. The molecule has 0 spiro atoms. The molecule has 10 aromatic carbocycles. The van der Waals surface area contributed by atoms with Gasteiger partial charge in [-0.2, -0.15) is 0 Å². The summed E-state index contributed by atoms with van der Waals surface area (Å²) in [4.78, 5) is 18.4. The quantitative estimate of drug-likeness (QED) is 0.174. The minimum absolute atomic E-state index is 0.619. The van der Waals surface area contributed by atoms with E-state index in [-0.39, 0.29) is 0 Å². The maximum Gasteiger partial charge on any atom is 0.164 e. The van der Waals surface area contributed by atoms with Crippen LogP contribution in [0.15, 0.2) is 212 Å². The average molecular weight is 790 g/mol. The van der Waals surface area contributed by atoms with Crippen molar-refractivity contribution in [3.05, 3.63) is 212 Å². The van der Waals surface area contributed by atoms with Gasteiger partial charge in [-0.15, -0.1) is 0 Å². The Labute approximate surface area is 357 Å². The minimum atomic E-state index is 0.619. The molecule has 0 unspecified atom stereocenters. The summed E-state index contributed by atoms with van der Waals surface area (Å²) in [5, 5.41) is 9.40. The molecule has 288 valence electrons. The van der Waals surface area contributed by atoms with Crippen LogP contribution in [-0.4, -0.2) is 19.5 Å². The Bertz CT molecular complexity index is 3750. The van der Waals surface area contributed by atoms with Crippen LogP contribution < -0.4 is 4.90 Å². The molecule has 3 heterocycles. The first kappa shape index (κ1) is 34.5. The van der Waals surface area contributed by atoms with Crippen LogP contribution in [0, 0.1) is 0 Å². The maximum absolute atomic E-state index is 5.40. The Morgan fingerprint density at radius 1 is 0.323 bits per heavy atom. The van der Waals surface area contributed by atoms with Gasteiger partial charge in [0.25, 0.3) is 0 Å². The normalized spacial score (nSPS) is 12.2. The van der Waals surface area contributed by atoms with Gasteiger partial charge in [0.15, 0.2) is 17.5 Å². The van der Waals surface area contributed by atoms with Crippen LogP contribution >= 0.6 is 0 Å². The summed E-state index contributed by atoms with van der Waals surface area (Å²) in [6.45, 7) is 0. The van der Waals surface area contributed by atoms with Crippen molar-refractivity contribution in [1.29, 1.82) is 0 Å². The zero-order valence-electron chi connectivity index (χ0n) is 33.4. The number of benzene rings is 10. The highest BCUT2D eigenvalue weighted by Gasteiger charge is 2.28. The molecule has 1 aliphatic heterocycles. The molecule has 5 nitrogen and oxygen atoms in total. The number of nitrogens with zero attached hydrogens (tertiary/aromatic N) is 5. The number of hydrogen-bond donors (Lipinski definition) is 0. The van der Waals surface area contributed by atoms with Crippen LogP contribution in [0.2, 0.25) is 0 Å². The van der Waals surface area contributed by atoms with E-state index in [1.54, 1.807) is 0 Å². The standard InChI is InChI=1S/C57H35N5/c1-3-16-38(17-4-1)55-58-56(40-30-31-50-47(34-40)45-25-11-12-27-49(45)61(50)41-21-5-2-6-22-41)60-57(59-55)48-35-42(33-39-18-8-9-23-43(39)48)62-51-28-14-20-37-19-13-26-46(53(37)51)54-44-24-10-7-15-36(44)29-32-52(54)62/h1-35H. The number of fused-ring (bicyclic) bond motifs is 8. The number of hydrogen-bond acceptors (Lipinski definition) is 4. The van der Waals surface area contributed by atoms with Crippen LogP contribution in [0.25, 0.3) is 105 Å². The Morgan fingerprint density at radius 2 is 0.968 bits per heavy atom. The van der Waals surface area contributed by atoms with Crippen molar-refractivity contribution in [2.75, 3.05) is 4.90 Å². The second-order valence-electron chi connectivity index (χ2n) is 16.0. The first-order valence-electron chi connectivity index (χ1n) is 21.0. The average Bonchev–Trinajstić information content (AvgIpc) is 3.68. The van der Waals surface area contributed by atoms with Gasteiger partial charge in [0.1, 0.15) is 0 Å². The second kappa shape index (κ2) is 13.6. The van der Waals surface area contributed by atoms with Crippen molar-refractivity contribution in [2.45, 2.75) is 0 Å². The smallest absolute Gasteiger partial charge is 0.164 e. The molecular weight excluding hydrogens is 755 g/mol. The highest BCUT2D eigenvalue weighted by atomic mass is 15.2. The molecule has 0 fully saturated rings. The van der Waals surface area contributed by atoms with Crippen molar-refractivity contribution in [3.63, 3.8) is 0 Å². The lowest BCUT2D eigenvalue weighted by atomic mass is 9.87. The zero-order valence-corrected chi connectivity index (χ0v) is 33.4. The van der Waals surface area contributed by atoms with Crippen molar-refractivity contribution < 1.29 is 0 Å². The second-order valence-corrected chi connectivity index (χ2v) is 16.0. The fraction of sp³-hybridized carbons (Fsp3) is 0. The lowest BCUT2D eigenvalue weighted by Crippen LogP contribution is -2.15.